The lowest BCUT2D eigenvalue weighted by Gasteiger charge is -2.35. The average molecular weight is 568 g/mol. The van der Waals surface area contributed by atoms with Crippen molar-refractivity contribution in [2.75, 3.05) is 4.90 Å². The molecule has 8 aromatic rings. The van der Waals surface area contributed by atoms with Crippen LogP contribution in [-0.4, -0.2) is 6.04 Å². The van der Waals surface area contributed by atoms with Crippen molar-refractivity contribution in [1.29, 1.82) is 0 Å². The number of nitrogens with zero attached hydrogens (tertiary/aromatic N) is 1. The summed E-state index contributed by atoms with van der Waals surface area (Å²) < 4.78 is 9.41. The summed E-state index contributed by atoms with van der Waals surface area (Å²) in [4.78, 5) is 2.56. The maximum absolute atomic E-state index is 6.75. The lowest BCUT2D eigenvalue weighted by atomic mass is 9.78. The molecule has 0 N–H and O–H groups in total. The van der Waals surface area contributed by atoms with Crippen molar-refractivity contribution >= 4 is 76.3 Å². The number of benzene rings is 6. The van der Waals surface area contributed by atoms with E-state index in [0.717, 1.165) is 11.3 Å². The normalized spacial score (nSPS) is 17.4. The van der Waals surface area contributed by atoms with Crippen LogP contribution >= 0.6 is 11.3 Å². The van der Waals surface area contributed by atoms with Crippen molar-refractivity contribution in [2.24, 2.45) is 0 Å². The second kappa shape index (κ2) is 8.70. The van der Waals surface area contributed by atoms with Crippen LogP contribution in [0.5, 0.6) is 0 Å². The fourth-order valence-corrected chi connectivity index (χ4v) is 8.62. The Kier molecular flexibility index (Phi) is 4.74. The third-order valence-corrected chi connectivity index (χ3v) is 10.6. The first-order valence-corrected chi connectivity index (χ1v) is 15.7. The smallest absolute Gasteiger partial charge is 0.134 e. The molecule has 0 amide bonds. The minimum absolute atomic E-state index is 0.0500. The summed E-state index contributed by atoms with van der Waals surface area (Å²) >= 11 is 1.87. The fraction of sp³-hybridized carbons (Fsp3) is 0.0500. The quantitative estimate of drug-likeness (QED) is 0.207. The molecule has 1 aliphatic carbocycles. The maximum Gasteiger partial charge on any atom is 0.134 e. The van der Waals surface area contributed by atoms with Gasteiger partial charge in [0.25, 0.3) is 0 Å². The molecule has 43 heavy (non-hydrogen) atoms. The van der Waals surface area contributed by atoms with Crippen LogP contribution in [0.3, 0.4) is 0 Å². The molecule has 0 saturated heterocycles. The van der Waals surface area contributed by atoms with Gasteiger partial charge in [-0.05, 0) is 76.0 Å². The number of hydrogen-bond donors (Lipinski definition) is 0. The zero-order valence-electron chi connectivity index (χ0n) is 23.2. The maximum atomic E-state index is 6.75. The zero-order valence-corrected chi connectivity index (χ0v) is 24.0. The van der Waals surface area contributed by atoms with Crippen molar-refractivity contribution in [3.05, 3.63) is 156 Å². The number of anilines is 2. The monoisotopic (exact) mass is 567 g/mol. The number of rotatable bonds is 2. The molecule has 3 heterocycles. The summed E-state index contributed by atoms with van der Waals surface area (Å²) in [5.41, 5.74) is 8.50. The van der Waals surface area contributed by atoms with Crippen LogP contribution in [0.4, 0.5) is 11.4 Å². The Morgan fingerprint density at radius 1 is 0.605 bits per heavy atom. The Hall–Kier alpha value is -5.12. The molecule has 0 bridgehead atoms. The molecule has 2 nitrogen and oxygen atoms in total. The Labute approximate surface area is 252 Å². The molecule has 202 valence electrons. The van der Waals surface area contributed by atoms with Gasteiger partial charge in [0.2, 0.25) is 0 Å². The van der Waals surface area contributed by atoms with E-state index >= 15 is 0 Å². The molecule has 0 fully saturated rings. The van der Waals surface area contributed by atoms with Crippen LogP contribution < -0.4 is 4.90 Å². The molecule has 0 radical (unpaired) electrons. The number of furan rings is 1. The van der Waals surface area contributed by atoms with Gasteiger partial charge in [0.15, 0.2) is 0 Å². The summed E-state index contributed by atoms with van der Waals surface area (Å²) in [6.45, 7) is 0. The molecule has 2 unspecified atom stereocenters. The van der Waals surface area contributed by atoms with Crippen molar-refractivity contribution in [3.8, 4) is 0 Å². The summed E-state index contributed by atoms with van der Waals surface area (Å²) in [6.07, 6.45) is 2.41. The number of para-hydroxylation sites is 2. The van der Waals surface area contributed by atoms with Crippen molar-refractivity contribution < 1.29 is 4.42 Å². The van der Waals surface area contributed by atoms with Crippen molar-refractivity contribution in [2.45, 2.75) is 12.0 Å². The highest BCUT2D eigenvalue weighted by molar-refractivity contribution is 7.25. The summed E-state index contributed by atoms with van der Waals surface area (Å²) in [5.74, 6) is 1.13. The molecule has 2 aliphatic rings. The first-order chi connectivity index (χ1) is 21.3. The van der Waals surface area contributed by atoms with Gasteiger partial charge >= 0.3 is 0 Å². The van der Waals surface area contributed by atoms with E-state index in [9.17, 15) is 0 Å². The largest absolute Gasteiger partial charge is 0.460 e. The van der Waals surface area contributed by atoms with Crippen LogP contribution in [0.1, 0.15) is 28.4 Å². The van der Waals surface area contributed by atoms with Crippen LogP contribution in [0.2, 0.25) is 0 Å². The molecule has 1 aliphatic heterocycles. The Morgan fingerprint density at radius 2 is 1.37 bits per heavy atom. The highest BCUT2D eigenvalue weighted by atomic mass is 32.1. The minimum atomic E-state index is 0.0500. The third-order valence-electron chi connectivity index (χ3n) is 9.41. The van der Waals surface area contributed by atoms with Gasteiger partial charge in [-0.25, -0.2) is 0 Å². The topological polar surface area (TPSA) is 16.4 Å². The van der Waals surface area contributed by atoms with E-state index in [1.807, 2.05) is 11.3 Å². The van der Waals surface area contributed by atoms with Gasteiger partial charge in [0.05, 0.1) is 12.0 Å². The summed E-state index contributed by atoms with van der Waals surface area (Å²) in [6, 6.07) is 48.8. The van der Waals surface area contributed by atoms with E-state index in [0.29, 0.717) is 0 Å². The lowest BCUT2D eigenvalue weighted by Crippen LogP contribution is -2.33. The molecule has 0 spiro atoms. The summed E-state index contributed by atoms with van der Waals surface area (Å²) in [7, 11) is 0. The Bertz CT molecular complexity index is 2440. The lowest BCUT2D eigenvalue weighted by molar-refractivity contribution is 0.508. The number of hydrogen-bond acceptors (Lipinski definition) is 3. The van der Waals surface area contributed by atoms with E-state index < -0.39 is 0 Å². The molecule has 3 heteroatoms. The first kappa shape index (κ1) is 23.4. The van der Waals surface area contributed by atoms with E-state index in [-0.39, 0.29) is 12.0 Å². The highest BCUT2D eigenvalue weighted by Gasteiger charge is 2.47. The standard InChI is InChI=1S/C40H25NOS/c1-2-10-25-21-27(19-17-24(25)9-1)41-34-14-6-3-13-30(34)38-39(41)31(23-33-28-11-4-7-15-35(28)42-40(33)38)26-18-20-37-32(22-26)29-12-5-8-16-36(29)43-37/h1-23,38-39H. The Balaban J connectivity index is 1.27. The number of thiophene rings is 1. The summed E-state index contributed by atoms with van der Waals surface area (Å²) in [5, 5.41) is 6.33. The predicted molar refractivity (Wildman–Crippen MR) is 182 cm³/mol. The fourth-order valence-electron chi connectivity index (χ4n) is 7.53. The molecule has 10 rings (SSSR count). The SMILES string of the molecule is C1=C(c2ccc3sc4ccccc4c3c2)C2C(c3ccccc3N2c2ccc3ccccc3c2)c2oc3ccccc3c21. The van der Waals surface area contributed by atoms with Crippen molar-refractivity contribution in [1.82, 2.24) is 0 Å². The van der Waals surface area contributed by atoms with E-state index in [1.165, 1.54) is 70.0 Å². The molecule has 6 aromatic carbocycles. The second-order valence-corrected chi connectivity index (χ2v) is 12.8. The van der Waals surface area contributed by atoms with E-state index in [1.54, 1.807) is 0 Å². The highest BCUT2D eigenvalue weighted by Crippen LogP contribution is 2.57. The molecular formula is C40H25NOS. The molecular weight excluding hydrogens is 543 g/mol. The van der Waals surface area contributed by atoms with Gasteiger partial charge in [-0.1, -0.05) is 91.0 Å². The minimum Gasteiger partial charge on any atom is -0.460 e. The van der Waals surface area contributed by atoms with Gasteiger partial charge in [0, 0.05) is 42.5 Å². The van der Waals surface area contributed by atoms with E-state index in [4.69, 9.17) is 4.42 Å². The predicted octanol–water partition coefficient (Wildman–Crippen LogP) is 11.2. The molecule has 0 saturated carbocycles. The van der Waals surface area contributed by atoms with E-state index in [2.05, 4.69) is 144 Å². The Morgan fingerprint density at radius 3 is 2.33 bits per heavy atom. The first-order valence-electron chi connectivity index (χ1n) is 14.8. The van der Waals surface area contributed by atoms with Crippen LogP contribution in [-0.2, 0) is 0 Å². The van der Waals surface area contributed by atoms with Crippen LogP contribution in [0.15, 0.2) is 138 Å². The zero-order chi connectivity index (χ0) is 28.1. The van der Waals surface area contributed by atoms with Gasteiger partial charge in [-0.3, -0.25) is 0 Å². The van der Waals surface area contributed by atoms with Gasteiger partial charge in [0.1, 0.15) is 11.3 Å². The van der Waals surface area contributed by atoms with Gasteiger partial charge in [-0.2, -0.15) is 0 Å². The van der Waals surface area contributed by atoms with Crippen molar-refractivity contribution in [3.63, 3.8) is 0 Å². The van der Waals surface area contributed by atoms with Gasteiger partial charge < -0.3 is 9.32 Å². The third kappa shape index (κ3) is 3.28. The van der Waals surface area contributed by atoms with Crippen LogP contribution in [0.25, 0.3) is 53.6 Å². The second-order valence-electron chi connectivity index (χ2n) is 11.7. The van der Waals surface area contributed by atoms with Crippen LogP contribution in [0, 0.1) is 0 Å². The average Bonchev–Trinajstić information content (AvgIpc) is 3.73. The molecule has 2 aromatic heterocycles. The number of fused-ring (bicyclic) bond motifs is 11. The van der Waals surface area contributed by atoms with Gasteiger partial charge in [-0.15, -0.1) is 11.3 Å². The molecule has 2 atom stereocenters.